The molecule has 0 bridgehead atoms. The summed E-state index contributed by atoms with van der Waals surface area (Å²) >= 11 is 0. The first-order valence-corrected chi connectivity index (χ1v) is 8.71. The van der Waals surface area contributed by atoms with Crippen LogP contribution in [-0.4, -0.2) is 41.3 Å². The van der Waals surface area contributed by atoms with E-state index in [0.29, 0.717) is 17.1 Å². The van der Waals surface area contributed by atoms with Crippen molar-refractivity contribution < 1.29 is 13.2 Å². The Labute approximate surface area is 155 Å². The van der Waals surface area contributed by atoms with Gasteiger partial charge in [0.25, 0.3) is 0 Å². The largest absolute Gasteiger partial charge is 0.418 e. The summed E-state index contributed by atoms with van der Waals surface area (Å²) in [6, 6.07) is 4.32. The quantitative estimate of drug-likeness (QED) is 0.709. The molecule has 1 atom stereocenters. The Balaban J connectivity index is 1.87. The summed E-state index contributed by atoms with van der Waals surface area (Å²) in [5, 5.41) is 11.7. The molecule has 2 heterocycles. The number of aryl methyl sites for hydroxylation is 1. The predicted octanol–water partition coefficient (Wildman–Crippen LogP) is 3.14. The van der Waals surface area contributed by atoms with Crippen molar-refractivity contribution in [1.82, 2.24) is 15.1 Å². The Kier molecular flexibility index (Phi) is 5.14. The highest BCUT2D eigenvalue weighted by molar-refractivity contribution is 5.86. The first kappa shape index (κ1) is 19.2. The standard InChI is InChI=1S/C18H23F3N6/c1-10-8-14(24-11-4-3-7-27(2)9-11)25-26-17(10)12-5-6-13(18(19,20)21)16(23)15(12)22/h5-6,8,11H,3-4,7,9,22-23H2,1-2H3,(H,24,25)/t11-/m1/s1. The minimum atomic E-state index is -4.56. The third-order valence-corrected chi connectivity index (χ3v) is 4.81. The molecule has 1 aromatic carbocycles. The topological polar surface area (TPSA) is 93.1 Å². The number of aromatic nitrogens is 2. The van der Waals surface area contributed by atoms with Gasteiger partial charge in [-0.3, -0.25) is 0 Å². The molecule has 1 aromatic heterocycles. The first-order chi connectivity index (χ1) is 12.7. The Morgan fingerprint density at radius 3 is 2.56 bits per heavy atom. The Bertz CT molecular complexity index is 837. The average molecular weight is 380 g/mol. The molecule has 6 nitrogen and oxygen atoms in total. The van der Waals surface area contributed by atoms with E-state index in [0.717, 1.165) is 37.6 Å². The van der Waals surface area contributed by atoms with E-state index >= 15 is 0 Å². The van der Waals surface area contributed by atoms with E-state index in [1.54, 1.807) is 0 Å². The molecule has 0 spiro atoms. The predicted molar refractivity (Wildman–Crippen MR) is 100 cm³/mol. The summed E-state index contributed by atoms with van der Waals surface area (Å²) in [6.45, 7) is 3.82. The van der Waals surface area contributed by atoms with Gasteiger partial charge in [-0.15, -0.1) is 10.2 Å². The van der Waals surface area contributed by atoms with Gasteiger partial charge in [0.05, 0.1) is 22.6 Å². The SMILES string of the molecule is Cc1cc(N[C@@H]2CCCN(C)C2)nnc1-c1ccc(C(F)(F)F)c(N)c1N. The van der Waals surface area contributed by atoms with Crippen molar-refractivity contribution in [2.45, 2.75) is 32.0 Å². The molecule has 1 aliphatic heterocycles. The number of anilines is 3. The van der Waals surface area contributed by atoms with Crippen LogP contribution in [0.15, 0.2) is 18.2 Å². The molecule has 2 aromatic rings. The molecule has 146 valence electrons. The lowest BCUT2D eigenvalue weighted by atomic mass is 10.0. The van der Waals surface area contributed by atoms with Crippen LogP contribution in [0.25, 0.3) is 11.3 Å². The van der Waals surface area contributed by atoms with E-state index in [4.69, 9.17) is 11.5 Å². The van der Waals surface area contributed by atoms with E-state index in [-0.39, 0.29) is 11.7 Å². The van der Waals surface area contributed by atoms with E-state index in [9.17, 15) is 13.2 Å². The number of nitrogens with zero attached hydrogens (tertiary/aromatic N) is 3. The molecule has 27 heavy (non-hydrogen) atoms. The second-order valence-corrected chi connectivity index (χ2v) is 6.99. The zero-order valence-electron chi connectivity index (χ0n) is 15.3. The minimum Gasteiger partial charge on any atom is -0.397 e. The number of rotatable bonds is 3. The number of nitrogens with one attached hydrogen (secondary N) is 1. The van der Waals surface area contributed by atoms with Crippen LogP contribution in [-0.2, 0) is 6.18 Å². The summed E-state index contributed by atoms with van der Waals surface area (Å²) in [5.41, 5.74) is 11.4. The molecule has 0 radical (unpaired) electrons. The zero-order valence-corrected chi connectivity index (χ0v) is 15.3. The number of halogens is 3. The second-order valence-electron chi connectivity index (χ2n) is 6.99. The number of nitrogen functional groups attached to an aromatic ring is 2. The maximum atomic E-state index is 13.0. The summed E-state index contributed by atoms with van der Waals surface area (Å²) in [6.07, 6.45) is -2.40. The van der Waals surface area contributed by atoms with Crippen molar-refractivity contribution in [2.75, 3.05) is 36.9 Å². The van der Waals surface area contributed by atoms with E-state index in [1.165, 1.54) is 6.07 Å². The monoisotopic (exact) mass is 380 g/mol. The van der Waals surface area contributed by atoms with Gasteiger partial charge in [-0.25, -0.2) is 0 Å². The van der Waals surface area contributed by atoms with Crippen LogP contribution in [0.3, 0.4) is 0 Å². The van der Waals surface area contributed by atoms with Crippen molar-refractivity contribution in [3.63, 3.8) is 0 Å². The number of likely N-dealkylation sites (tertiary alicyclic amines) is 1. The van der Waals surface area contributed by atoms with Crippen molar-refractivity contribution in [3.8, 4) is 11.3 Å². The summed E-state index contributed by atoms with van der Waals surface area (Å²) in [7, 11) is 2.08. The lowest BCUT2D eigenvalue weighted by molar-refractivity contribution is -0.136. The van der Waals surface area contributed by atoms with Crippen LogP contribution >= 0.6 is 0 Å². The van der Waals surface area contributed by atoms with Gasteiger partial charge in [0, 0.05) is 18.2 Å². The molecule has 5 N–H and O–H groups in total. The highest BCUT2D eigenvalue weighted by Gasteiger charge is 2.34. The Morgan fingerprint density at radius 2 is 1.93 bits per heavy atom. The normalized spacial score (nSPS) is 18.5. The average Bonchev–Trinajstić information content (AvgIpc) is 2.57. The number of benzene rings is 1. The van der Waals surface area contributed by atoms with E-state index in [2.05, 4.69) is 27.5 Å². The molecular weight excluding hydrogens is 357 g/mol. The fourth-order valence-corrected chi connectivity index (χ4v) is 3.41. The third-order valence-electron chi connectivity index (χ3n) is 4.81. The van der Waals surface area contributed by atoms with Gasteiger partial charge in [0.15, 0.2) is 0 Å². The lowest BCUT2D eigenvalue weighted by Gasteiger charge is -2.30. The highest BCUT2D eigenvalue weighted by Crippen LogP contribution is 2.40. The van der Waals surface area contributed by atoms with Crippen LogP contribution in [0.4, 0.5) is 30.4 Å². The number of hydrogen-bond donors (Lipinski definition) is 3. The van der Waals surface area contributed by atoms with Crippen LogP contribution in [0.5, 0.6) is 0 Å². The fourth-order valence-electron chi connectivity index (χ4n) is 3.41. The zero-order chi connectivity index (χ0) is 19.8. The maximum Gasteiger partial charge on any atom is 0.418 e. The maximum absolute atomic E-state index is 13.0. The smallest absolute Gasteiger partial charge is 0.397 e. The van der Waals surface area contributed by atoms with Gasteiger partial charge < -0.3 is 21.7 Å². The number of alkyl halides is 3. The first-order valence-electron chi connectivity index (χ1n) is 8.71. The van der Waals surface area contributed by atoms with Crippen LogP contribution in [0.1, 0.15) is 24.0 Å². The van der Waals surface area contributed by atoms with Gasteiger partial charge >= 0.3 is 6.18 Å². The highest BCUT2D eigenvalue weighted by atomic mass is 19.4. The Hall–Kier alpha value is -2.55. The molecule has 0 unspecified atom stereocenters. The van der Waals surface area contributed by atoms with E-state index in [1.807, 2.05) is 13.0 Å². The Morgan fingerprint density at radius 1 is 1.19 bits per heavy atom. The van der Waals surface area contributed by atoms with Gasteiger partial charge in [-0.1, -0.05) is 0 Å². The van der Waals surface area contributed by atoms with Crippen molar-refractivity contribution >= 4 is 17.2 Å². The van der Waals surface area contributed by atoms with Crippen molar-refractivity contribution in [3.05, 3.63) is 29.3 Å². The molecule has 0 aliphatic carbocycles. The number of hydrogen-bond acceptors (Lipinski definition) is 6. The third kappa shape index (κ3) is 4.08. The molecule has 1 fully saturated rings. The molecule has 0 saturated carbocycles. The van der Waals surface area contributed by atoms with Crippen LogP contribution in [0, 0.1) is 6.92 Å². The molecular formula is C18H23F3N6. The van der Waals surface area contributed by atoms with Crippen LogP contribution < -0.4 is 16.8 Å². The molecule has 9 heteroatoms. The van der Waals surface area contributed by atoms with E-state index < -0.39 is 17.4 Å². The molecule has 1 saturated heterocycles. The number of nitrogens with two attached hydrogens (primary N) is 2. The molecule has 0 amide bonds. The van der Waals surface area contributed by atoms with Crippen molar-refractivity contribution in [1.29, 1.82) is 0 Å². The van der Waals surface area contributed by atoms with Gasteiger partial charge in [-0.2, -0.15) is 13.2 Å². The second kappa shape index (κ2) is 7.22. The summed E-state index contributed by atoms with van der Waals surface area (Å²) in [5.74, 6) is 0.634. The lowest BCUT2D eigenvalue weighted by Crippen LogP contribution is -2.39. The fraction of sp³-hybridized carbons (Fsp3) is 0.444. The van der Waals surface area contributed by atoms with Gasteiger partial charge in [0.1, 0.15) is 5.82 Å². The van der Waals surface area contributed by atoms with Crippen LogP contribution in [0.2, 0.25) is 0 Å². The van der Waals surface area contributed by atoms with Crippen molar-refractivity contribution in [2.24, 2.45) is 0 Å². The summed E-state index contributed by atoms with van der Waals surface area (Å²) < 4.78 is 38.9. The number of piperidine rings is 1. The minimum absolute atomic E-state index is 0.142. The molecule has 3 rings (SSSR count). The number of likely N-dealkylation sites (N-methyl/N-ethyl adjacent to an activating group) is 1. The summed E-state index contributed by atoms with van der Waals surface area (Å²) in [4.78, 5) is 2.25. The van der Waals surface area contributed by atoms with Gasteiger partial charge in [-0.05, 0) is 57.1 Å². The molecule has 1 aliphatic rings. The van der Waals surface area contributed by atoms with Gasteiger partial charge in [0.2, 0.25) is 0 Å².